The molecule has 2 aromatic carbocycles. The van der Waals surface area contributed by atoms with Crippen LogP contribution in [0, 0.1) is 5.82 Å². The fourth-order valence-corrected chi connectivity index (χ4v) is 4.71. The van der Waals surface area contributed by atoms with Crippen LogP contribution in [0.1, 0.15) is 52.6 Å². The van der Waals surface area contributed by atoms with Crippen molar-refractivity contribution in [3.63, 3.8) is 0 Å². The fraction of sp³-hybridized carbons (Fsp3) is 0.250. The van der Waals surface area contributed by atoms with Crippen LogP contribution in [0.15, 0.2) is 64.3 Å². The van der Waals surface area contributed by atoms with Gasteiger partial charge in [-0.2, -0.15) is 4.98 Å². The highest BCUT2D eigenvalue weighted by molar-refractivity contribution is 6.02. The Morgan fingerprint density at radius 3 is 2.87 bits per heavy atom. The average Bonchev–Trinajstić information content (AvgIpc) is 3.56. The lowest BCUT2D eigenvalue weighted by atomic mass is 9.85. The molecular weight excluding hydrogens is 505 g/mol. The molecule has 0 aliphatic carbocycles. The number of methoxy groups -OCH3 is 1. The van der Waals surface area contributed by atoms with Gasteiger partial charge in [0.15, 0.2) is 11.6 Å². The molecule has 1 aliphatic rings. The maximum atomic E-state index is 14.7. The van der Waals surface area contributed by atoms with Crippen molar-refractivity contribution < 1.29 is 28.0 Å². The monoisotopic (exact) mass is 531 g/mol. The van der Waals surface area contributed by atoms with Crippen LogP contribution in [0.5, 0.6) is 0 Å². The number of aromatic nitrogens is 3. The number of fused-ring (bicyclic) bond motifs is 1. The zero-order valence-corrected chi connectivity index (χ0v) is 21.3. The number of rotatable bonds is 9. The van der Waals surface area contributed by atoms with Crippen LogP contribution in [0.3, 0.4) is 0 Å². The minimum Gasteiger partial charge on any atom is -0.377 e. The van der Waals surface area contributed by atoms with Crippen LogP contribution < -0.4 is 10.6 Å². The predicted molar refractivity (Wildman–Crippen MR) is 138 cm³/mol. The Morgan fingerprint density at radius 2 is 2.05 bits per heavy atom. The van der Waals surface area contributed by atoms with Gasteiger partial charge in [0.1, 0.15) is 12.4 Å². The number of halogens is 1. The summed E-state index contributed by atoms with van der Waals surface area (Å²) in [4.78, 5) is 46.0. The zero-order valence-electron chi connectivity index (χ0n) is 21.3. The number of hydrogen-bond donors (Lipinski definition) is 3. The number of carbonyl (C=O) groups is 3. The smallest absolute Gasteiger partial charge is 0.254 e. The molecule has 3 heterocycles. The Bertz CT molecular complexity index is 1600. The largest absolute Gasteiger partial charge is 0.377 e. The first-order valence-corrected chi connectivity index (χ1v) is 12.3. The Labute approximate surface area is 222 Å². The number of aromatic amines is 1. The van der Waals surface area contributed by atoms with Gasteiger partial charge in [-0.3, -0.25) is 14.4 Å². The second-order valence-electron chi connectivity index (χ2n) is 9.33. The first-order chi connectivity index (χ1) is 18.8. The summed E-state index contributed by atoms with van der Waals surface area (Å²) in [6, 6.07) is 10.8. The molecular formula is C28H26FN5O5. The summed E-state index contributed by atoms with van der Waals surface area (Å²) in [5.74, 6) is -1.44. The van der Waals surface area contributed by atoms with Crippen molar-refractivity contribution in [2.75, 3.05) is 7.11 Å². The first-order valence-electron chi connectivity index (χ1n) is 12.3. The third-order valence-electron chi connectivity index (χ3n) is 6.51. The summed E-state index contributed by atoms with van der Waals surface area (Å²) in [7, 11) is 1.49. The van der Waals surface area contributed by atoms with Crippen molar-refractivity contribution in [1.82, 2.24) is 25.8 Å². The molecule has 0 fully saturated rings. The molecule has 200 valence electrons. The molecule has 1 aliphatic heterocycles. The Hall–Kier alpha value is -4.64. The summed E-state index contributed by atoms with van der Waals surface area (Å²) in [6.45, 7) is 1.78. The normalized spacial score (nSPS) is 15.5. The quantitative estimate of drug-likeness (QED) is 0.301. The summed E-state index contributed by atoms with van der Waals surface area (Å²) in [5.41, 5.74) is 3.03. The van der Waals surface area contributed by atoms with Gasteiger partial charge < -0.3 is 24.9 Å². The summed E-state index contributed by atoms with van der Waals surface area (Å²) >= 11 is 0. The molecule has 0 saturated heterocycles. The van der Waals surface area contributed by atoms with Gasteiger partial charge in [-0.1, -0.05) is 22.9 Å². The number of hydrogen-bond acceptors (Lipinski definition) is 7. The minimum absolute atomic E-state index is 0.0815. The molecule has 0 saturated carbocycles. The van der Waals surface area contributed by atoms with Gasteiger partial charge in [-0.05, 0) is 53.8 Å². The standard InChI is InChI=1S/C28H26FN5O5/c1-15-9-24(36)33-27(26(15)22(35)11-16-3-6-21-17(10-16)7-8-30-21)18-4-5-20(29)19(12-18)28(37)31-13-25-32-23(14-38-2)34-39-25/h3-8,10,12,27,30H,9,11,13-14H2,1-2H3,(H,31,37)(H,33,36). The van der Waals surface area contributed by atoms with E-state index in [1.807, 2.05) is 30.5 Å². The van der Waals surface area contributed by atoms with Crippen LogP contribution in [0.4, 0.5) is 4.39 Å². The molecule has 5 rings (SSSR count). The SMILES string of the molecule is COCc1noc(CNC(=O)c2cc(C3NC(=O)CC(C)=C3C(=O)Cc3ccc4[nH]ccc4c3)ccc2F)n1. The van der Waals surface area contributed by atoms with E-state index in [0.717, 1.165) is 22.5 Å². The molecule has 0 bridgehead atoms. The van der Waals surface area contributed by atoms with Gasteiger partial charge in [0.25, 0.3) is 5.91 Å². The Kier molecular flexibility index (Phi) is 7.33. The van der Waals surface area contributed by atoms with Crippen molar-refractivity contribution in [3.05, 3.63) is 94.0 Å². The third kappa shape index (κ3) is 5.63. The third-order valence-corrected chi connectivity index (χ3v) is 6.51. The van der Waals surface area contributed by atoms with Crippen molar-refractivity contribution in [2.24, 2.45) is 0 Å². The van der Waals surface area contributed by atoms with Gasteiger partial charge in [0.05, 0.1) is 18.2 Å². The molecule has 2 aromatic heterocycles. The van der Waals surface area contributed by atoms with Crippen molar-refractivity contribution in [1.29, 1.82) is 0 Å². The van der Waals surface area contributed by atoms with E-state index in [9.17, 15) is 18.8 Å². The molecule has 1 atom stereocenters. The minimum atomic E-state index is -0.825. The van der Waals surface area contributed by atoms with Crippen LogP contribution in [0.2, 0.25) is 0 Å². The number of nitrogens with one attached hydrogen (secondary N) is 3. The summed E-state index contributed by atoms with van der Waals surface area (Å²) in [5, 5.41) is 10.1. The molecule has 0 radical (unpaired) electrons. The predicted octanol–water partition coefficient (Wildman–Crippen LogP) is 3.46. The lowest BCUT2D eigenvalue weighted by molar-refractivity contribution is -0.121. The van der Waals surface area contributed by atoms with E-state index in [4.69, 9.17) is 9.26 Å². The summed E-state index contributed by atoms with van der Waals surface area (Å²) < 4.78 is 24.7. The highest BCUT2D eigenvalue weighted by atomic mass is 19.1. The second kappa shape index (κ2) is 11.0. The van der Waals surface area contributed by atoms with Gasteiger partial charge in [0, 0.05) is 37.2 Å². The van der Waals surface area contributed by atoms with E-state index in [0.29, 0.717) is 22.5 Å². The number of benzene rings is 2. The maximum Gasteiger partial charge on any atom is 0.254 e. The number of amides is 2. The number of H-pyrrole nitrogens is 1. The molecule has 11 heteroatoms. The highest BCUT2D eigenvalue weighted by Crippen LogP contribution is 2.32. The van der Waals surface area contributed by atoms with E-state index in [1.54, 1.807) is 6.92 Å². The van der Waals surface area contributed by atoms with Crippen LogP contribution in [0.25, 0.3) is 10.9 Å². The van der Waals surface area contributed by atoms with E-state index < -0.39 is 17.8 Å². The number of nitrogens with zero attached hydrogens (tertiary/aromatic N) is 2. The molecule has 1 unspecified atom stereocenters. The van der Waals surface area contributed by atoms with Crippen molar-refractivity contribution >= 4 is 28.5 Å². The van der Waals surface area contributed by atoms with E-state index >= 15 is 0 Å². The van der Waals surface area contributed by atoms with Crippen LogP contribution >= 0.6 is 0 Å². The van der Waals surface area contributed by atoms with E-state index in [2.05, 4.69) is 25.8 Å². The van der Waals surface area contributed by atoms with E-state index in [1.165, 1.54) is 19.2 Å². The van der Waals surface area contributed by atoms with Gasteiger partial charge >= 0.3 is 0 Å². The molecule has 10 nitrogen and oxygen atoms in total. The van der Waals surface area contributed by atoms with E-state index in [-0.39, 0.29) is 49.1 Å². The number of Topliss-reactive ketones (excluding diaryl/α,β-unsaturated/α-hetero) is 1. The molecule has 0 spiro atoms. The number of ether oxygens (including phenoxy) is 1. The van der Waals surface area contributed by atoms with Gasteiger partial charge in [-0.15, -0.1) is 0 Å². The highest BCUT2D eigenvalue weighted by Gasteiger charge is 2.31. The maximum absolute atomic E-state index is 14.7. The topological polar surface area (TPSA) is 139 Å². The molecule has 3 N–H and O–H groups in total. The van der Waals surface area contributed by atoms with Gasteiger partial charge in [-0.25, -0.2) is 4.39 Å². The van der Waals surface area contributed by atoms with Crippen LogP contribution in [-0.4, -0.2) is 39.8 Å². The lowest BCUT2D eigenvalue weighted by Gasteiger charge is -2.28. The average molecular weight is 532 g/mol. The second-order valence-corrected chi connectivity index (χ2v) is 9.33. The number of ketones is 1. The summed E-state index contributed by atoms with van der Waals surface area (Å²) in [6.07, 6.45) is 2.04. The van der Waals surface area contributed by atoms with Gasteiger partial charge in [0.2, 0.25) is 11.8 Å². The van der Waals surface area contributed by atoms with Crippen molar-refractivity contribution in [3.8, 4) is 0 Å². The zero-order chi connectivity index (χ0) is 27.5. The van der Waals surface area contributed by atoms with Crippen molar-refractivity contribution in [2.45, 2.75) is 39.0 Å². The fourth-order valence-electron chi connectivity index (χ4n) is 4.71. The number of carbonyl (C=O) groups excluding carboxylic acids is 3. The first kappa shape index (κ1) is 26.0. The molecule has 4 aromatic rings. The molecule has 2 amide bonds. The Balaban J connectivity index is 1.37. The Morgan fingerprint density at radius 1 is 1.21 bits per heavy atom. The molecule has 39 heavy (non-hydrogen) atoms. The van der Waals surface area contributed by atoms with Crippen LogP contribution in [-0.2, 0) is 33.9 Å². The lowest BCUT2D eigenvalue weighted by Crippen LogP contribution is -2.37.